The van der Waals surface area contributed by atoms with Crippen LogP contribution < -0.4 is 10.9 Å². The van der Waals surface area contributed by atoms with Crippen molar-refractivity contribution < 1.29 is 0 Å². The molecule has 0 bridgehead atoms. The van der Waals surface area contributed by atoms with E-state index in [9.17, 15) is 4.79 Å². The standard InChI is InChI=1S/C11H19N3O/c1-9(2)7-12-4-5-14-8-13-10(3)6-11(14)15/h6,8-9,12H,4-5,7H2,1-3H3. The van der Waals surface area contributed by atoms with E-state index in [0.717, 1.165) is 18.8 Å². The van der Waals surface area contributed by atoms with Crippen LogP contribution in [0.3, 0.4) is 0 Å². The normalized spacial score (nSPS) is 10.9. The molecule has 84 valence electrons. The minimum atomic E-state index is 0.0221. The highest BCUT2D eigenvalue weighted by atomic mass is 16.1. The second-order valence-corrected chi connectivity index (χ2v) is 4.16. The highest BCUT2D eigenvalue weighted by molar-refractivity contribution is 4.95. The lowest BCUT2D eigenvalue weighted by Crippen LogP contribution is -2.28. The molecule has 0 aliphatic heterocycles. The van der Waals surface area contributed by atoms with Crippen molar-refractivity contribution in [2.45, 2.75) is 27.3 Å². The molecule has 1 aromatic rings. The summed E-state index contributed by atoms with van der Waals surface area (Å²) in [5.41, 5.74) is 0.792. The van der Waals surface area contributed by atoms with Gasteiger partial charge in [-0.15, -0.1) is 0 Å². The van der Waals surface area contributed by atoms with Crippen LogP contribution in [0.15, 0.2) is 17.2 Å². The van der Waals surface area contributed by atoms with Gasteiger partial charge in [-0.05, 0) is 19.4 Å². The fourth-order valence-electron chi connectivity index (χ4n) is 1.27. The summed E-state index contributed by atoms with van der Waals surface area (Å²) in [6.07, 6.45) is 1.61. The average molecular weight is 209 g/mol. The molecule has 4 heteroatoms. The Kier molecular flexibility index (Phi) is 4.49. The smallest absolute Gasteiger partial charge is 0.253 e. The average Bonchev–Trinajstić information content (AvgIpc) is 2.14. The Bertz CT molecular complexity index is 357. The van der Waals surface area contributed by atoms with Crippen LogP contribution >= 0.6 is 0 Å². The fraction of sp³-hybridized carbons (Fsp3) is 0.636. The van der Waals surface area contributed by atoms with Crippen molar-refractivity contribution in [3.8, 4) is 0 Å². The zero-order valence-electron chi connectivity index (χ0n) is 9.66. The Morgan fingerprint density at radius 3 is 2.87 bits per heavy atom. The number of aryl methyl sites for hydroxylation is 1. The van der Waals surface area contributed by atoms with Gasteiger partial charge in [0.1, 0.15) is 0 Å². The second kappa shape index (κ2) is 5.66. The molecule has 1 N–H and O–H groups in total. The molecule has 0 saturated heterocycles. The molecule has 0 spiro atoms. The van der Waals surface area contributed by atoms with Crippen molar-refractivity contribution >= 4 is 0 Å². The SMILES string of the molecule is Cc1cc(=O)n(CCNCC(C)C)cn1. The maximum Gasteiger partial charge on any atom is 0.253 e. The lowest BCUT2D eigenvalue weighted by atomic mass is 10.2. The molecule has 0 unspecified atom stereocenters. The lowest BCUT2D eigenvalue weighted by molar-refractivity contribution is 0.517. The van der Waals surface area contributed by atoms with E-state index >= 15 is 0 Å². The van der Waals surface area contributed by atoms with Crippen molar-refractivity contribution in [3.63, 3.8) is 0 Å². The number of aromatic nitrogens is 2. The van der Waals surface area contributed by atoms with E-state index in [1.54, 1.807) is 17.0 Å². The molecule has 0 aromatic carbocycles. The lowest BCUT2D eigenvalue weighted by Gasteiger charge is -2.08. The van der Waals surface area contributed by atoms with Gasteiger partial charge in [0.25, 0.3) is 5.56 Å². The second-order valence-electron chi connectivity index (χ2n) is 4.16. The Hall–Kier alpha value is -1.16. The molecular weight excluding hydrogens is 190 g/mol. The molecule has 4 nitrogen and oxygen atoms in total. The molecule has 0 fully saturated rings. The van der Waals surface area contributed by atoms with Crippen molar-refractivity contribution in [3.05, 3.63) is 28.4 Å². The third kappa shape index (κ3) is 4.25. The van der Waals surface area contributed by atoms with E-state index in [2.05, 4.69) is 24.1 Å². The summed E-state index contributed by atoms with van der Waals surface area (Å²) in [7, 11) is 0. The molecule has 0 amide bonds. The summed E-state index contributed by atoms with van der Waals surface area (Å²) in [5.74, 6) is 0.637. The molecule has 0 aliphatic rings. The van der Waals surface area contributed by atoms with Crippen LogP contribution in [0.25, 0.3) is 0 Å². The van der Waals surface area contributed by atoms with Gasteiger partial charge >= 0.3 is 0 Å². The predicted molar refractivity (Wildman–Crippen MR) is 60.9 cm³/mol. The number of hydrogen-bond donors (Lipinski definition) is 1. The first kappa shape index (κ1) is 11.9. The summed E-state index contributed by atoms with van der Waals surface area (Å²) in [5, 5.41) is 3.29. The first-order chi connectivity index (χ1) is 7.09. The zero-order valence-corrected chi connectivity index (χ0v) is 9.66. The van der Waals surface area contributed by atoms with Gasteiger partial charge < -0.3 is 5.32 Å². The van der Waals surface area contributed by atoms with E-state index in [1.807, 2.05) is 6.92 Å². The minimum absolute atomic E-state index is 0.0221. The van der Waals surface area contributed by atoms with Gasteiger partial charge in [-0.25, -0.2) is 4.98 Å². The highest BCUT2D eigenvalue weighted by Crippen LogP contribution is 1.87. The highest BCUT2D eigenvalue weighted by Gasteiger charge is 1.97. The predicted octanol–water partition coefficient (Wildman–Crippen LogP) is 0.797. The number of nitrogens with zero attached hydrogens (tertiary/aromatic N) is 2. The van der Waals surface area contributed by atoms with Crippen molar-refractivity contribution in [1.29, 1.82) is 0 Å². The number of hydrogen-bond acceptors (Lipinski definition) is 3. The van der Waals surface area contributed by atoms with E-state index in [-0.39, 0.29) is 5.56 Å². The summed E-state index contributed by atoms with van der Waals surface area (Å²) >= 11 is 0. The molecule has 15 heavy (non-hydrogen) atoms. The maximum atomic E-state index is 11.5. The number of nitrogens with one attached hydrogen (secondary N) is 1. The van der Waals surface area contributed by atoms with Gasteiger partial charge in [-0.2, -0.15) is 0 Å². The van der Waals surface area contributed by atoms with Gasteiger partial charge in [-0.3, -0.25) is 9.36 Å². The first-order valence-corrected chi connectivity index (χ1v) is 5.33. The van der Waals surface area contributed by atoms with Gasteiger partial charge in [0, 0.05) is 24.8 Å². The van der Waals surface area contributed by atoms with Gasteiger partial charge in [-0.1, -0.05) is 13.8 Å². The molecule has 1 heterocycles. The van der Waals surface area contributed by atoms with Crippen LogP contribution in [-0.4, -0.2) is 22.6 Å². The van der Waals surface area contributed by atoms with E-state index in [0.29, 0.717) is 12.5 Å². The van der Waals surface area contributed by atoms with Gasteiger partial charge in [0.2, 0.25) is 0 Å². The third-order valence-electron chi connectivity index (χ3n) is 2.10. The van der Waals surface area contributed by atoms with Crippen LogP contribution in [0.1, 0.15) is 19.5 Å². The van der Waals surface area contributed by atoms with Crippen LogP contribution in [-0.2, 0) is 6.54 Å². The summed E-state index contributed by atoms with van der Waals surface area (Å²) in [6, 6.07) is 1.56. The summed E-state index contributed by atoms with van der Waals surface area (Å²) in [4.78, 5) is 15.6. The quantitative estimate of drug-likeness (QED) is 0.730. The number of rotatable bonds is 5. The molecule has 1 rings (SSSR count). The van der Waals surface area contributed by atoms with E-state index < -0.39 is 0 Å². The molecular formula is C11H19N3O. The Morgan fingerprint density at radius 1 is 1.53 bits per heavy atom. The Morgan fingerprint density at radius 2 is 2.27 bits per heavy atom. The Labute approximate surface area is 90.3 Å². The van der Waals surface area contributed by atoms with Crippen molar-refractivity contribution in [2.75, 3.05) is 13.1 Å². The van der Waals surface area contributed by atoms with Crippen molar-refractivity contribution in [1.82, 2.24) is 14.9 Å². The van der Waals surface area contributed by atoms with Gasteiger partial charge in [0.15, 0.2) is 0 Å². The molecule has 0 aliphatic carbocycles. The zero-order chi connectivity index (χ0) is 11.3. The topological polar surface area (TPSA) is 46.9 Å². The van der Waals surface area contributed by atoms with E-state index in [1.165, 1.54) is 0 Å². The molecule has 0 radical (unpaired) electrons. The fourth-order valence-corrected chi connectivity index (χ4v) is 1.27. The molecule has 1 aromatic heterocycles. The van der Waals surface area contributed by atoms with Crippen LogP contribution in [0.5, 0.6) is 0 Å². The maximum absolute atomic E-state index is 11.5. The molecule has 0 saturated carbocycles. The van der Waals surface area contributed by atoms with Crippen molar-refractivity contribution in [2.24, 2.45) is 5.92 Å². The van der Waals surface area contributed by atoms with Crippen LogP contribution in [0, 0.1) is 12.8 Å². The minimum Gasteiger partial charge on any atom is -0.315 e. The first-order valence-electron chi connectivity index (χ1n) is 5.33. The summed E-state index contributed by atoms with van der Waals surface area (Å²) in [6.45, 7) is 8.61. The van der Waals surface area contributed by atoms with E-state index in [4.69, 9.17) is 0 Å². The largest absolute Gasteiger partial charge is 0.315 e. The third-order valence-corrected chi connectivity index (χ3v) is 2.10. The summed E-state index contributed by atoms with van der Waals surface area (Å²) < 4.78 is 1.63. The van der Waals surface area contributed by atoms with Crippen LogP contribution in [0.2, 0.25) is 0 Å². The monoisotopic (exact) mass is 209 g/mol. The Balaban J connectivity index is 2.41. The van der Waals surface area contributed by atoms with Gasteiger partial charge in [0.05, 0.1) is 6.33 Å². The van der Waals surface area contributed by atoms with Crippen LogP contribution in [0.4, 0.5) is 0 Å². The molecule has 0 atom stereocenters.